The molecule has 1 aromatic heterocycles. The second-order valence-corrected chi connectivity index (χ2v) is 5.48. The number of nitrogens with two attached hydrogens (primary N) is 1. The molecule has 2 nitrogen and oxygen atoms in total. The fraction of sp³-hybridized carbons (Fsp3) is 0.231. The molecule has 0 aliphatic heterocycles. The van der Waals surface area contributed by atoms with E-state index in [-0.39, 0.29) is 17.1 Å². The molecule has 0 saturated carbocycles. The van der Waals surface area contributed by atoms with Gasteiger partial charge in [-0.25, -0.2) is 8.78 Å². The first-order chi connectivity index (χ1) is 9.04. The van der Waals surface area contributed by atoms with Crippen molar-refractivity contribution in [1.82, 2.24) is 0 Å². The van der Waals surface area contributed by atoms with Gasteiger partial charge in [-0.1, -0.05) is 17.7 Å². The van der Waals surface area contributed by atoms with E-state index in [9.17, 15) is 13.9 Å². The molecule has 2 atom stereocenters. The summed E-state index contributed by atoms with van der Waals surface area (Å²) in [6, 6.07) is 5.39. The molecule has 0 fully saturated rings. The van der Waals surface area contributed by atoms with Crippen LogP contribution in [0.2, 0.25) is 5.02 Å². The van der Waals surface area contributed by atoms with Gasteiger partial charge in [0.05, 0.1) is 11.1 Å². The van der Waals surface area contributed by atoms with Crippen LogP contribution in [-0.4, -0.2) is 11.7 Å². The van der Waals surface area contributed by atoms with Crippen molar-refractivity contribution >= 4 is 22.9 Å². The smallest absolute Gasteiger partial charge is 0.142 e. The molecule has 0 radical (unpaired) electrons. The molecule has 0 amide bonds. The molecule has 2 rings (SSSR count). The topological polar surface area (TPSA) is 46.2 Å². The SMILES string of the molecule is NCC(c1cccs1)C(O)c1cc(F)c(Cl)cc1F. The van der Waals surface area contributed by atoms with Crippen LogP contribution in [0.5, 0.6) is 0 Å². The third-order valence-corrected chi connectivity index (χ3v) is 4.20. The summed E-state index contributed by atoms with van der Waals surface area (Å²) < 4.78 is 27.2. The second-order valence-electron chi connectivity index (χ2n) is 4.09. The lowest BCUT2D eigenvalue weighted by Gasteiger charge is -2.21. The largest absolute Gasteiger partial charge is 0.388 e. The lowest BCUT2D eigenvalue weighted by molar-refractivity contribution is 0.144. The predicted octanol–water partition coefficient (Wildman–Crippen LogP) is 3.46. The Hall–Kier alpha value is -1.01. The zero-order chi connectivity index (χ0) is 14.0. The van der Waals surface area contributed by atoms with Crippen molar-refractivity contribution in [2.24, 2.45) is 5.73 Å². The number of aliphatic hydroxyl groups excluding tert-OH is 1. The zero-order valence-electron chi connectivity index (χ0n) is 9.82. The molecule has 0 aliphatic rings. The first kappa shape index (κ1) is 14.4. The van der Waals surface area contributed by atoms with Crippen LogP contribution in [0.4, 0.5) is 8.78 Å². The van der Waals surface area contributed by atoms with Crippen LogP contribution in [-0.2, 0) is 0 Å². The Morgan fingerprint density at radius 1 is 1.32 bits per heavy atom. The molecule has 0 bridgehead atoms. The molecule has 1 heterocycles. The minimum Gasteiger partial charge on any atom is -0.388 e. The summed E-state index contributed by atoms with van der Waals surface area (Å²) in [5.41, 5.74) is 5.49. The van der Waals surface area contributed by atoms with Crippen molar-refractivity contribution < 1.29 is 13.9 Å². The maximum absolute atomic E-state index is 13.8. The van der Waals surface area contributed by atoms with Crippen LogP contribution in [0.3, 0.4) is 0 Å². The number of benzene rings is 1. The Bertz CT molecular complexity index is 562. The van der Waals surface area contributed by atoms with Gasteiger partial charge >= 0.3 is 0 Å². The van der Waals surface area contributed by atoms with Gasteiger partial charge in [-0.3, -0.25) is 0 Å². The fourth-order valence-corrected chi connectivity index (χ4v) is 2.91. The maximum Gasteiger partial charge on any atom is 0.142 e. The van der Waals surface area contributed by atoms with Crippen LogP contribution < -0.4 is 5.73 Å². The van der Waals surface area contributed by atoms with E-state index >= 15 is 0 Å². The molecule has 0 aliphatic carbocycles. The number of aliphatic hydroxyl groups is 1. The van der Waals surface area contributed by atoms with Gasteiger partial charge in [0.1, 0.15) is 11.6 Å². The molecular formula is C13H12ClF2NOS. The van der Waals surface area contributed by atoms with Crippen molar-refractivity contribution in [3.8, 4) is 0 Å². The van der Waals surface area contributed by atoms with Crippen molar-refractivity contribution in [3.05, 3.63) is 56.7 Å². The van der Waals surface area contributed by atoms with Crippen LogP contribution >= 0.6 is 22.9 Å². The molecule has 1 aromatic carbocycles. The van der Waals surface area contributed by atoms with E-state index in [0.717, 1.165) is 17.0 Å². The van der Waals surface area contributed by atoms with E-state index in [1.807, 2.05) is 11.4 Å². The number of hydrogen-bond acceptors (Lipinski definition) is 3. The Balaban J connectivity index is 2.38. The summed E-state index contributed by atoms with van der Waals surface area (Å²) in [5.74, 6) is -1.98. The summed E-state index contributed by atoms with van der Waals surface area (Å²) in [6.07, 6.45) is -1.21. The molecule has 3 N–H and O–H groups in total. The predicted molar refractivity (Wildman–Crippen MR) is 72.4 cm³/mol. The van der Waals surface area contributed by atoms with E-state index in [4.69, 9.17) is 17.3 Å². The quantitative estimate of drug-likeness (QED) is 0.850. The van der Waals surface area contributed by atoms with E-state index in [1.54, 1.807) is 6.07 Å². The summed E-state index contributed by atoms with van der Waals surface area (Å²) in [5, 5.41) is 11.8. The zero-order valence-corrected chi connectivity index (χ0v) is 11.4. The van der Waals surface area contributed by atoms with Crippen LogP contribution in [0.1, 0.15) is 22.5 Å². The number of thiophene rings is 1. The standard InChI is InChI=1S/C13H12ClF2NOS/c14-9-5-10(15)7(4-11(9)16)13(18)8(6-17)12-2-1-3-19-12/h1-5,8,13,18H,6,17H2. The third kappa shape index (κ3) is 2.95. The highest BCUT2D eigenvalue weighted by Gasteiger charge is 2.26. The van der Waals surface area contributed by atoms with Gasteiger partial charge < -0.3 is 10.8 Å². The highest BCUT2D eigenvalue weighted by atomic mass is 35.5. The van der Waals surface area contributed by atoms with Gasteiger partial charge in [-0.05, 0) is 23.6 Å². The van der Waals surface area contributed by atoms with E-state index in [1.165, 1.54) is 11.3 Å². The van der Waals surface area contributed by atoms with Gasteiger partial charge in [0.25, 0.3) is 0 Å². The molecule has 2 aromatic rings. The highest BCUT2D eigenvalue weighted by Crippen LogP contribution is 2.35. The molecule has 0 saturated heterocycles. The van der Waals surface area contributed by atoms with Crippen LogP contribution in [0.25, 0.3) is 0 Å². The van der Waals surface area contributed by atoms with Gasteiger partial charge in [0.15, 0.2) is 0 Å². The van der Waals surface area contributed by atoms with Crippen molar-refractivity contribution in [3.63, 3.8) is 0 Å². The molecule has 6 heteroatoms. The summed E-state index contributed by atoms with van der Waals surface area (Å²) in [4.78, 5) is 0.824. The Kier molecular flexibility index (Phi) is 4.52. The van der Waals surface area contributed by atoms with Crippen LogP contribution in [0.15, 0.2) is 29.6 Å². The number of halogens is 3. The molecule has 19 heavy (non-hydrogen) atoms. The second kappa shape index (κ2) is 5.96. The first-order valence-electron chi connectivity index (χ1n) is 5.60. The molecule has 2 unspecified atom stereocenters. The van der Waals surface area contributed by atoms with E-state index in [0.29, 0.717) is 0 Å². The minimum absolute atomic E-state index is 0.130. The highest BCUT2D eigenvalue weighted by molar-refractivity contribution is 7.10. The number of hydrogen-bond donors (Lipinski definition) is 2. The van der Waals surface area contributed by atoms with Gasteiger partial charge in [0, 0.05) is 22.9 Å². The van der Waals surface area contributed by atoms with Gasteiger partial charge in [-0.15, -0.1) is 11.3 Å². The monoisotopic (exact) mass is 303 g/mol. The molecule has 0 spiro atoms. The summed E-state index contributed by atoms with van der Waals surface area (Å²) in [6.45, 7) is 0.130. The summed E-state index contributed by atoms with van der Waals surface area (Å²) in [7, 11) is 0. The Labute approximate surface area is 118 Å². The van der Waals surface area contributed by atoms with Gasteiger partial charge in [0.2, 0.25) is 0 Å². The third-order valence-electron chi connectivity index (χ3n) is 2.90. The van der Waals surface area contributed by atoms with Crippen molar-refractivity contribution in [2.45, 2.75) is 12.0 Å². The van der Waals surface area contributed by atoms with E-state index < -0.39 is 23.7 Å². The Morgan fingerprint density at radius 2 is 2.05 bits per heavy atom. The fourth-order valence-electron chi connectivity index (χ4n) is 1.88. The number of rotatable bonds is 4. The Morgan fingerprint density at radius 3 is 2.63 bits per heavy atom. The first-order valence-corrected chi connectivity index (χ1v) is 6.86. The summed E-state index contributed by atoms with van der Waals surface area (Å²) >= 11 is 6.89. The molecular weight excluding hydrogens is 292 g/mol. The molecule has 102 valence electrons. The van der Waals surface area contributed by atoms with Crippen LogP contribution in [0, 0.1) is 11.6 Å². The minimum atomic E-state index is -1.21. The van der Waals surface area contributed by atoms with Gasteiger partial charge in [-0.2, -0.15) is 0 Å². The normalized spacial score (nSPS) is 14.4. The van der Waals surface area contributed by atoms with E-state index in [2.05, 4.69) is 0 Å². The lowest BCUT2D eigenvalue weighted by atomic mass is 9.94. The lowest BCUT2D eigenvalue weighted by Crippen LogP contribution is -2.20. The average Bonchev–Trinajstić information content (AvgIpc) is 2.88. The average molecular weight is 304 g/mol. The maximum atomic E-state index is 13.8. The van der Waals surface area contributed by atoms with Crippen molar-refractivity contribution in [1.29, 1.82) is 0 Å². The van der Waals surface area contributed by atoms with Crippen molar-refractivity contribution in [2.75, 3.05) is 6.54 Å².